The fraction of sp³-hybridized carbons (Fsp3) is 0.769. The van der Waals surface area contributed by atoms with E-state index in [1.165, 1.54) is 24.0 Å². The predicted molar refractivity (Wildman–Crippen MR) is 71.2 cm³/mol. The molecule has 7 heteroatoms. The van der Waals surface area contributed by atoms with Crippen LogP contribution in [0.2, 0.25) is 0 Å². The molecule has 0 radical (unpaired) electrons. The van der Waals surface area contributed by atoms with Gasteiger partial charge in [0.15, 0.2) is 0 Å². The summed E-state index contributed by atoms with van der Waals surface area (Å²) in [6.45, 7) is 4.04. The second kappa shape index (κ2) is 6.58. The molecule has 2 atom stereocenters. The first-order valence-corrected chi connectivity index (χ1v) is 6.65. The number of hydrogen-bond donors (Lipinski definition) is 1. The second-order valence-electron chi connectivity index (χ2n) is 5.30. The van der Waals surface area contributed by atoms with E-state index >= 15 is 0 Å². The van der Waals surface area contributed by atoms with Crippen LogP contribution in [-0.2, 0) is 14.3 Å². The van der Waals surface area contributed by atoms with Crippen molar-refractivity contribution in [3.8, 4) is 0 Å². The molecule has 1 fully saturated rings. The third kappa shape index (κ3) is 3.20. The molecule has 2 amide bonds. The minimum absolute atomic E-state index is 0.137. The molecule has 7 nitrogen and oxygen atoms in total. The number of hydrogen-bond acceptors (Lipinski definition) is 4. The zero-order chi connectivity index (χ0) is 15.4. The Balaban J connectivity index is 2.94. The molecule has 0 saturated carbocycles. The van der Waals surface area contributed by atoms with Crippen molar-refractivity contribution in [1.29, 1.82) is 0 Å². The highest BCUT2D eigenvalue weighted by Gasteiger charge is 2.40. The number of nitrogens with zero attached hydrogens (tertiary/aromatic N) is 2. The van der Waals surface area contributed by atoms with E-state index in [1.54, 1.807) is 0 Å². The lowest BCUT2D eigenvalue weighted by Crippen LogP contribution is -2.54. The van der Waals surface area contributed by atoms with E-state index < -0.39 is 24.1 Å². The maximum absolute atomic E-state index is 12.6. The van der Waals surface area contributed by atoms with Gasteiger partial charge in [-0.15, -0.1) is 0 Å². The van der Waals surface area contributed by atoms with Gasteiger partial charge < -0.3 is 14.7 Å². The Labute approximate surface area is 118 Å². The number of methoxy groups -OCH3 is 1. The van der Waals surface area contributed by atoms with Crippen LogP contribution in [0.5, 0.6) is 0 Å². The van der Waals surface area contributed by atoms with E-state index in [0.717, 1.165) is 0 Å². The van der Waals surface area contributed by atoms with E-state index in [2.05, 4.69) is 4.74 Å². The normalized spacial score (nSPS) is 19.9. The topological polar surface area (TPSA) is 87.2 Å². The molecule has 114 valence electrons. The standard InChI is InChI=1S/C13H22N2O5/c1-8(2)10(14(3)13(19)20-4)11(16)15-7-5-6-9(15)12(17)18/h8-10H,5-7H2,1-4H3,(H,17,18)/t9-,10-/m0/s1. The first-order chi connectivity index (χ1) is 9.31. The lowest BCUT2D eigenvalue weighted by Gasteiger charge is -2.33. The van der Waals surface area contributed by atoms with Crippen LogP contribution in [0.3, 0.4) is 0 Å². The van der Waals surface area contributed by atoms with Gasteiger partial charge >= 0.3 is 12.1 Å². The number of carbonyl (C=O) groups is 3. The van der Waals surface area contributed by atoms with Crippen LogP contribution in [0.4, 0.5) is 4.79 Å². The van der Waals surface area contributed by atoms with Gasteiger partial charge in [0.05, 0.1) is 7.11 Å². The van der Waals surface area contributed by atoms with Gasteiger partial charge in [0, 0.05) is 13.6 Å². The molecular weight excluding hydrogens is 264 g/mol. The molecule has 1 heterocycles. The average molecular weight is 286 g/mol. The van der Waals surface area contributed by atoms with E-state index in [0.29, 0.717) is 19.4 Å². The Morgan fingerprint density at radius 3 is 2.40 bits per heavy atom. The summed E-state index contributed by atoms with van der Waals surface area (Å²) in [5.41, 5.74) is 0. The molecule has 1 aliphatic heterocycles. The van der Waals surface area contributed by atoms with Crippen molar-refractivity contribution in [2.75, 3.05) is 20.7 Å². The molecule has 1 rings (SSSR count). The number of likely N-dealkylation sites (tertiary alicyclic amines) is 1. The van der Waals surface area contributed by atoms with Gasteiger partial charge in [-0.1, -0.05) is 13.8 Å². The monoisotopic (exact) mass is 286 g/mol. The van der Waals surface area contributed by atoms with Gasteiger partial charge in [-0.2, -0.15) is 0 Å². The number of ether oxygens (including phenoxy) is 1. The number of rotatable bonds is 4. The average Bonchev–Trinajstić information content (AvgIpc) is 2.86. The van der Waals surface area contributed by atoms with Gasteiger partial charge in [0.2, 0.25) is 5.91 Å². The third-order valence-electron chi connectivity index (χ3n) is 3.59. The summed E-state index contributed by atoms with van der Waals surface area (Å²) in [5.74, 6) is -1.47. The lowest BCUT2D eigenvalue weighted by atomic mass is 10.0. The molecule has 0 aliphatic carbocycles. The Bertz CT molecular complexity index is 396. The van der Waals surface area contributed by atoms with Crippen LogP contribution in [0, 0.1) is 5.92 Å². The number of carbonyl (C=O) groups excluding carboxylic acids is 2. The van der Waals surface area contributed by atoms with Crippen LogP contribution in [0.25, 0.3) is 0 Å². The summed E-state index contributed by atoms with van der Waals surface area (Å²) in [7, 11) is 2.73. The van der Waals surface area contributed by atoms with Crippen molar-refractivity contribution in [2.45, 2.75) is 38.8 Å². The summed E-state index contributed by atoms with van der Waals surface area (Å²) < 4.78 is 4.63. The van der Waals surface area contributed by atoms with Crippen molar-refractivity contribution < 1.29 is 24.2 Å². The Hall–Kier alpha value is -1.79. The quantitative estimate of drug-likeness (QED) is 0.825. The molecule has 0 aromatic carbocycles. The molecule has 0 unspecified atom stereocenters. The van der Waals surface area contributed by atoms with E-state index in [9.17, 15) is 14.4 Å². The van der Waals surface area contributed by atoms with Gasteiger partial charge in [-0.25, -0.2) is 9.59 Å². The van der Waals surface area contributed by atoms with Crippen LogP contribution in [0.15, 0.2) is 0 Å². The minimum atomic E-state index is -1.00. The minimum Gasteiger partial charge on any atom is -0.480 e. The van der Waals surface area contributed by atoms with Gasteiger partial charge in [-0.3, -0.25) is 9.69 Å². The second-order valence-corrected chi connectivity index (χ2v) is 5.30. The number of carboxylic acid groups (broad SMARTS) is 1. The van der Waals surface area contributed by atoms with Crippen molar-refractivity contribution >= 4 is 18.0 Å². The highest BCUT2D eigenvalue weighted by molar-refractivity contribution is 5.89. The molecule has 1 aliphatic rings. The Morgan fingerprint density at radius 2 is 1.95 bits per heavy atom. The van der Waals surface area contributed by atoms with Crippen molar-refractivity contribution in [3.63, 3.8) is 0 Å². The molecule has 1 N–H and O–H groups in total. The smallest absolute Gasteiger partial charge is 0.409 e. The van der Waals surface area contributed by atoms with Crippen LogP contribution in [-0.4, -0.2) is 65.7 Å². The van der Waals surface area contributed by atoms with Crippen LogP contribution in [0.1, 0.15) is 26.7 Å². The molecule has 0 aromatic heterocycles. The zero-order valence-corrected chi connectivity index (χ0v) is 12.3. The maximum atomic E-state index is 12.6. The summed E-state index contributed by atoms with van der Waals surface area (Å²) >= 11 is 0. The first kappa shape index (κ1) is 16.3. The summed E-state index contributed by atoms with van der Waals surface area (Å²) in [5, 5.41) is 9.15. The number of aliphatic carboxylic acids is 1. The van der Waals surface area contributed by atoms with Gasteiger partial charge in [0.1, 0.15) is 12.1 Å². The molecule has 0 spiro atoms. The largest absolute Gasteiger partial charge is 0.480 e. The summed E-state index contributed by atoms with van der Waals surface area (Å²) in [6.07, 6.45) is 0.506. The fourth-order valence-corrected chi connectivity index (χ4v) is 2.61. The van der Waals surface area contributed by atoms with E-state index in [-0.39, 0.29) is 11.8 Å². The first-order valence-electron chi connectivity index (χ1n) is 6.65. The van der Waals surface area contributed by atoms with Crippen molar-refractivity contribution in [1.82, 2.24) is 9.80 Å². The molecule has 20 heavy (non-hydrogen) atoms. The van der Waals surface area contributed by atoms with Gasteiger partial charge in [0.25, 0.3) is 0 Å². The fourth-order valence-electron chi connectivity index (χ4n) is 2.61. The van der Waals surface area contributed by atoms with E-state index in [1.807, 2.05) is 13.8 Å². The molecule has 1 saturated heterocycles. The van der Waals surface area contributed by atoms with Crippen LogP contribution >= 0.6 is 0 Å². The number of carboxylic acids is 1. The van der Waals surface area contributed by atoms with Crippen molar-refractivity contribution in [2.24, 2.45) is 5.92 Å². The summed E-state index contributed by atoms with van der Waals surface area (Å²) in [4.78, 5) is 37.9. The molecule has 0 bridgehead atoms. The highest BCUT2D eigenvalue weighted by atomic mass is 16.5. The van der Waals surface area contributed by atoms with Gasteiger partial charge in [-0.05, 0) is 18.8 Å². The number of likely N-dealkylation sites (N-methyl/N-ethyl adjacent to an activating group) is 1. The van der Waals surface area contributed by atoms with Crippen molar-refractivity contribution in [3.05, 3.63) is 0 Å². The SMILES string of the molecule is COC(=O)N(C)[C@H](C(=O)N1CCC[C@H]1C(=O)O)C(C)C. The maximum Gasteiger partial charge on any atom is 0.409 e. The predicted octanol–water partition coefficient (Wildman–Crippen LogP) is 0.785. The molecule has 0 aromatic rings. The third-order valence-corrected chi connectivity index (χ3v) is 3.59. The van der Waals surface area contributed by atoms with E-state index in [4.69, 9.17) is 5.11 Å². The lowest BCUT2D eigenvalue weighted by molar-refractivity contribution is -0.150. The summed E-state index contributed by atoms with van der Waals surface area (Å²) in [6, 6.07) is -1.52. The Kier molecular flexibility index (Phi) is 5.35. The molecular formula is C13H22N2O5. The Morgan fingerprint density at radius 1 is 1.35 bits per heavy atom. The van der Waals surface area contributed by atoms with Crippen LogP contribution < -0.4 is 0 Å². The number of amides is 2. The highest BCUT2D eigenvalue weighted by Crippen LogP contribution is 2.22. The zero-order valence-electron chi connectivity index (χ0n) is 12.3.